The van der Waals surface area contributed by atoms with Crippen molar-refractivity contribution < 1.29 is 49.0 Å². The fourth-order valence-electron chi connectivity index (χ4n) is 1.76. The van der Waals surface area contributed by atoms with Gasteiger partial charge in [-0.15, -0.1) is 0 Å². The number of hydrogen-bond donors (Lipinski definition) is 1. The van der Waals surface area contributed by atoms with Crippen molar-refractivity contribution in [1.82, 2.24) is 0 Å². The van der Waals surface area contributed by atoms with Crippen LogP contribution >= 0.6 is 0 Å². The van der Waals surface area contributed by atoms with Crippen LogP contribution in [-0.4, -0.2) is 25.1 Å². The number of anilines is 1. The summed E-state index contributed by atoms with van der Waals surface area (Å²) in [5.74, 6) is -1.31. The molecule has 0 heterocycles. The fraction of sp³-hybridized carbons (Fsp3) is 0.467. The van der Waals surface area contributed by atoms with Crippen LogP contribution in [-0.2, 0) is 9.53 Å². The Labute approximate surface area is 147 Å². The summed E-state index contributed by atoms with van der Waals surface area (Å²) < 4.78 is 4.84. The predicted molar refractivity (Wildman–Crippen MR) is 74.4 cm³/mol. The van der Waals surface area contributed by atoms with Gasteiger partial charge in [0.25, 0.3) is 0 Å². The number of carbonyl (C=O) groups is 2. The minimum Gasteiger partial charge on any atom is -0.545 e. The van der Waals surface area contributed by atoms with Gasteiger partial charge in [0.2, 0.25) is 0 Å². The van der Waals surface area contributed by atoms with E-state index in [9.17, 15) is 14.7 Å². The van der Waals surface area contributed by atoms with E-state index in [4.69, 9.17) is 4.74 Å². The van der Waals surface area contributed by atoms with Crippen LogP contribution in [0.4, 0.5) is 5.69 Å². The Hall–Kier alpha value is -1.04. The van der Waals surface area contributed by atoms with E-state index >= 15 is 0 Å². The molecule has 0 saturated carbocycles. The maximum absolute atomic E-state index is 11.1. The Bertz CT molecular complexity index is 434. The summed E-state index contributed by atoms with van der Waals surface area (Å²) in [6.45, 7) is 3.02. The van der Waals surface area contributed by atoms with Gasteiger partial charge in [-0.25, -0.2) is 0 Å². The number of nitrogens with one attached hydrogen (secondary N) is 1. The quantitative estimate of drug-likeness (QED) is 0.344. The number of unbranched alkanes of at least 4 members (excludes halogenated alkanes) is 2. The van der Waals surface area contributed by atoms with Crippen LogP contribution in [0.1, 0.15) is 43.0 Å². The van der Waals surface area contributed by atoms with Crippen molar-refractivity contribution in [1.29, 1.82) is 0 Å². The maximum atomic E-state index is 11.1. The third kappa shape index (κ3) is 8.75. The first kappa shape index (κ1) is 20.0. The second-order valence-electron chi connectivity index (χ2n) is 4.41. The largest absolute Gasteiger partial charge is 1.00 e. The van der Waals surface area contributed by atoms with Crippen LogP contribution in [0.2, 0.25) is 0 Å². The molecule has 0 aromatic heterocycles. The Morgan fingerprint density at radius 2 is 1.81 bits per heavy atom. The van der Waals surface area contributed by atoms with Crippen molar-refractivity contribution >= 4 is 17.6 Å². The van der Waals surface area contributed by atoms with E-state index in [0.717, 1.165) is 31.5 Å². The first-order valence-corrected chi connectivity index (χ1v) is 6.84. The number of esters is 1. The minimum absolute atomic E-state index is 0. The predicted octanol–water partition coefficient (Wildman–Crippen LogP) is -1.41. The van der Waals surface area contributed by atoms with Crippen LogP contribution in [0, 0.1) is 0 Å². The normalized spacial score (nSPS) is 9.57. The molecule has 6 heteroatoms. The van der Waals surface area contributed by atoms with Crippen molar-refractivity contribution in [3.63, 3.8) is 0 Å². The second kappa shape index (κ2) is 11.6. The summed E-state index contributed by atoms with van der Waals surface area (Å²) in [5.41, 5.74) is 1.05. The molecule has 0 spiro atoms. The minimum atomic E-state index is -1.17. The van der Waals surface area contributed by atoms with E-state index in [1.807, 2.05) is 0 Å². The summed E-state index contributed by atoms with van der Waals surface area (Å²) in [7, 11) is 0. The number of ether oxygens (including phenoxy) is 1. The van der Waals surface area contributed by atoms with Crippen LogP contribution in [0.5, 0.6) is 0 Å². The Morgan fingerprint density at radius 1 is 1.14 bits per heavy atom. The number of rotatable bonds is 9. The first-order chi connectivity index (χ1) is 9.63. The number of aromatic carboxylic acids is 1. The molecule has 1 aromatic rings. The van der Waals surface area contributed by atoms with E-state index in [1.165, 1.54) is 12.1 Å². The first-order valence-electron chi connectivity index (χ1n) is 6.84. The van der Waals surface area contributed by atoms with Crippen molar-refractivity contribution in [2.75, 3.05) is 18.5 Å². The topological polar surface area (TPSA) is 78.5 Å². The molecule has 21 heavy (non-hydrogen) atoms. The zero-order chi connectivity index (χ0) is 14.8. The molecule has 0 unspecified atom stereocenters. The van der Waals surface area contributed by atoms with Gasteiger partial charge >= 0.3 is 35.5 Å². The monoisotopic (exact) mass is 301 g/mol. The van der Waals surface area contributed by atoms with Gasteiger partial charge in [-0.3, -0.25) is 4.79 Å². The summed E-state index contributed by atoms with van der Waals surface area (Å²) in [4.78, 5) is 21.7. The summed E-state index contributed by atoms with van der Waals surface area (Å²) >= 11 is 0. The third-order valence-corrected chi connectivity index (χ3v) is 2.81. The zero-order valence-corrected chi connectivity index (χ0v) is 14.7. The number of hydrogen-bond acceptors (Lipinski definition) is 5. The molecule has 0 atom stereocenters. The number of carboxylic acid groups (broad SMARTS) is 1. The van der Waals surface area contributed by atoms with Gasteiger partial charge in [0.15, 0.2) is 0 Å². The summed E-state index contributed by atoms with van der Waals surface area (Å²) in [5, 5.41) is 13.8. The number of carboxylic acids is 1. The average molecular weight is 301 g/mol. The van der Waals surface area contributed by atoms with E-state index < -0.39 is 5.97 Å². The van der Waals surface area contributed by atoms with Gasteiger partial charge in [0, 0.05) is 18.7 Å². The third-order valence-electron chi connectivity index (χ3n) is 2.81. The van der Waals surface area contributed by atoms with Crippen molar-refractivity contribution in [2.24, 2.45) is 0 Å². The van der Waals surface area contributed by atoms with Gasteiger partial charge in [-0.05, 0) is 37.5 Å². The van der Waals surface area contributed by atoms with Gasteiger partial charge < -0.3 is 20.0 Å². The summed E-state index contributed by atoms with van der Waals surface area (Å²) in [6, 6.07) is 6.45. The molecule has 1 aromatic carbocycles. The number of benzene rings is 1. The van der Waals surface area contributed by atoms with E-state index in [1.54, 1.807) is 19.1 Å². The Kier molecular flexibility index (Phi) is 11.0. The second-order valence-corrected chi connectivity index (χ2v) is 4.41. The molecule has 0 aliphatic carbocycles. The standard InChI is InChI=1S/C15H21NO4.Na/c1-2-20-14(17)6-4-3-5-11-16-13-9-7-12(8-10-13)15(18)19;/h7-10,16H,2-6,11H2,1H3,(H,18,19);/q;+1/p-1. The SMILES string of the molecule is CCOC(=O)CCCCCNc1ccc(C(=O)[O-])cc1.[Na+]. The molecule has 0 fully saturated rings. The average Bonchev–Trinajstić information content (AvgIpc) is 2.43. The van der Waals surface area contributed by atoms with Gasteiger partial charge in [0.05, 0.1) is 12.6 Å². The van der Waals surface area contributed by atoms with Gasteiger partial charge in [0.1, 0.15) is 0 Å². The van der Waals surface area contributed by atoms with Crippen LogP contribution in [0.3, 0.4) is 0 Å². The molecule has 0 aliphatic rings. The van der Waals surface area contributed by atoms with Crippen LogP contribution in [0.25, 0.3) is 0 Å². The summed E-state index contributed by atoms with van der Waals surface area (Å²) in [6.07, 6.45) is 3.18. The maximum Gasteiger partial charge on any atom is 1.00 e. The number of carbonyl (C=O) groups excluding carboxylic acids is 2. The molecule has 1 rings (SSSR count). The van der Waals surface area contributed by atoms with Crippen molar-refractivity contribution in [3.05, 3.63) is 29.8 Å². The van der Waals surface area contributed by atoms with Crippen molar-refractivity contribution in [3.8, 4) is 0 Å². The Balaban J connectivity index is 0.00000400. The molecule has 0 saturated heterocycles. The molecular weight excluding hydrogens is 281 g/mol. The van der Waals surface area contributed by atoms with Crippen molar-refractivity contribution in [2.45, 2.75) is 32.6 Å². The van der Waals surface area contributed by atoms with Crippen LogP contribution < -0.4 is 40.0 Å². The van der Waals surface area contributed by atoms with E-state index in [-0.39, 0.29) is 41.1 Å². The van der Waals surface area contributed by atoms with Gasteiger partial charge in [-0.2, -0.15) is 0 Å². The van der Waals surface area contributed by atoms with E-state index in [0.29, 0.717) is 13.0 Å². The molecule has 0 aliphatic heterocycles. The molecule has 0 radical (unpaired) electrons. The van der Waals surface area contributed by atoms with Gasteiger partial charge in [-0.1, -0.05) is 18.6 Å². The molecule has 5 nitrogen and oxygen atoms in total. The molecule has 110 valence electrons. The Morgan fingerprint density at radius 3 is 2.38 bits per heavy atom. The van der Waals surface area contributed by atoms with Crippen LogP contribution in [0.15, 0.2) is 24.3 Å². The molecule has 0 amide bonds. The molecule has 1 N–H and O–H groups in total. The smallest absolute Gasteiger partial charge is 0.545 e. The van der Waals surface area contributed by atoms with E-state index in [2.05, 4.69) is 5.32 Å². The molecular formula is C15H20NNaO4. The fourth-order valence-corrected chi connectivity index (χ4v) is 1.76. The molecule has 0 bridgehead atoms. The zero-order valence-electron chi connectivity index (χ0n) is 12.7.